The van der Waals surface area contributed by atoms with Crippen LogP contribution in [0.15, 0.2) is 24.4 Å². The molecule has 0 atom stereocenters. The number of aliphatic carboxylic acids is 1. The summed E-state index contributed by atoms with van der Waals surface area (Å²) in [6.07, 6.45) is 4.48. The van der Waals surface area contributed by atoms with Crippen LogP contribution in [0, 0.1) is 5.92 Å². The van der Waals surface area contributed by atoms with E-state index in [1.807, 2.05) is 12.1 Å². The Bertz CT molecular complexity index is 453. The first-order valence-electron chi connectivity index (χ1n) is 6.54. The molecule has 0 saturated carbocycles. The highest BCUT2D eigenvalue weighted by molar-refractivity contribution is 5.86. The molecule has 1 heterocycles. The summed E-state index contributed by atoms with van der Waals surface area (Å²) in [5.41, 5.74) is 0.833. The lowest BCUT2D eigenvalue weighted by Crippen LogP contribution is -2.35. The van der Waals surface area contributed by atoms with Crippen molar-refractivity contribution in [3.05, 3.63) is 30.0 Å². The van der Waals surface area contributed by atoms with Crippen LogP contribution in [0.25, 0.3) is 6.08 Å². The molecular weight excluding hydrogens is 240 g/mol. The summed E-state index contributed by atoms with van der Waals surface area (Å²) in [4.78, 5) is 17.3. The summed E-state index contributed by atoms with van der Waals surface area (Å²) >= 11 is 0. The normalized spacial score (nSPS) is 11.5. The van der Waals surface area contributed by atoms with Gasteiger partial charge in [0.25, 0.3) is 0 Å². The summed E-state index contributed by atoms with van der Waals surface area (Å²) < 4.78 is 0. The SMILES string of the molecule is CC(C)CN(c1ncccc1/C=C/C(=O)O)C(C)C. The van der Waals surface area contributed by atoms with Crippen LogP contribution in [0.4, 0.5) is 5.82 Å². The molecule has 0 aliphatic heterocycles. The van der Waals surface area contributed by atoms with Crippen molar-refractivity contribution >= 4 is 17.9 Å². The van der Waals surface area contributed by atoms with E-state index < -0.39 is 5.97 Å². The minimum absolute atomic E-state index is 0.314. The molecule has 0 fully saturated rings. The van der Waals surface area contributed by atoms with E-state index in [1.54, 1.807) is 12.3 Å². The zero-order chi connectivity index (χ0) is 14.4. The highest BCUT2D eigenvalue weighted by atomic mass is 16.4. The Labute approximate surface area is 114 Å². The molecule has 0 amide bonds. The van der Waals surface area contributed by atoms with Gasteiger partial charge in [0.15, 0.2) is 0 Å². The fourth-order valence-corrected chi connectivity index (χ4v) is 1.88. The Morgan fingerprint density at radius 3 is 2.63 bits per heavy atom. The molecular formula is C15H22N2O2. The first-order valence-corrected chi connectivity index (χ1v) is 6.54. The molecule has 1 rings (SSSR count). The van der Waals surface area contributed by atoms with Gasteiger partial charge in [-0.2, -0.15) is 0 Å². The second-order valence-corrected chi connectivity index (χ2v) is 5.23. The third-order valence-electron chi connectivity index (χ3n) is 2.68. The predicted octanol–water partition coefficient (Wildman–Crippen LogP) is 3.05. The summed E-state index contributed by atoms with van der Waals surface area (Å²) in [7, 11) is 0. The molecule has 0 aliphatic rings. The zero-order valence-corrected chi connectivity index (χ0v) is 12.0. The van der Waals surface area contributed by atoms with Crippen molar-refractivity contribution in [2.75, 3.05) is 11.4 Å². The number of hydrogen-bond acceptors (Lipinski definition) is 3. The molecule has 0 spiro atoms. The number of anilines is 1. The van der Waals surface area contributed by atoms with Gasteiger partial charge >= 0.3 is 5.97 Å². The third kappa shape index (κ3) is 4.73. The Morgan fingerprint density at radius 2 is 2.11 bits per heavy atom. The number of nitrogens with zero attached hydrogens (tertiary/aromatic N) is 2. The van der Waals surface area contributed by atoms with Gasteiger partial charge in [0.1, 0.15) is 5.82 Å². The molecule has 4 heteroatoms. The van der Waals surface area contributed by atoms with E-state index in [1.165, 1.54) is 0 Å². The summed E-state index contributed by atoms with van der Waals surface area (Å²) in [6.45, 7) is 9.43. The lowest BCUT2D eigenvalue weighted by molar-refractivity contribution is -0.131. The van der Waals surface area contributed by atoms with Crippen LogP contribution >= 0.6 is 0 Å². The quantitative estimate of drug-likeness (QED) is 0.801. The van der Waals surface area contributed by atoms with E-state index in [9.17, 15) is 4.79 Å². The largest absolute Gasteiger partial charge is 0.478 e. The fraction of sp³-hybridized carbons (Fsp3) is 0.467. The van der Waals surface area contributed by atoms with Crippen LogP contribution < -0.4 is 4.90 Å². The lowest BCUT2D eigenvalue weighted by atomic mass is 10.1. The number of pyridine rings is 1. The monoisotopic (exact) mass is 262 g/mol. The number of rotatable bonds is 6. The van der Waals surface area contributed by atoms with E-state index in [-0.39, 0.29) is 0 Å². The molecule has 0 bridgehead atoms. The second kappa shape index (κ2) is 6.92. The van der Waals surface area contributed by atoms with Gasteiger partial charge in [0, 0.05) is 30.4 Å². The summed E-state index contributed by atoms with van der Waals surface area (Å²) in [6, 6.07) is 4.02. The molecule has 0 unspecified atom stereocenters. The lowest BCUT2D eigenvalue weighted by Gasteiger charge is -2.30. The molecule has 1 aromatic rings. The Kier molecular flexibility index (Phi) is 5.55. The maximum absolute atomic E-state index is 10.6. The van der Waals surface area contributed by atoms with E-state index in [2.05, 4.69) is 37.6 Å². The molecule has 0 radical (unpaired) electrons. The average Bonchev–Trinajstić information content (AvgIpc) is 2.33. The zero-order valence-electron chi connectivity index (χ0n) is 12.0. The Hall–Kier alpha value is -1.84. The number of hydrogen-bond donors (Lipinski definition) is 1. The van der Waals surface area contributed by atoms with Crippen LogP contribution in [0.5, 0.6) is 0 Å². The Morgan fingerprint density at radius 1 is 1.42 bits per heavy atom. The van der Waals surface area contributed by atoms with E-state index in [0.717, 1.165) is 24.0 Å². The number of carbonyl (C=O) groups is 1. The molecule has 19 heavy (non-hydrogen) atoms. The highest BCUT2D eigenvalue weighted by Gasteiger charge is 2.15. The molecule has 1 aromatic heterocycles. The van der Waals surface area contributed by atoms with Gasteiger partial charge in [-0.15, -0.1) is 0 Å². The Balaban J connectivity index is 3.12. The van der Waals surface area contributed by atoms with Crippen molar-refractivity contribution in [3.8, 4) is 0 Å². The first kappa shape index (κ1) is 15.2. The van der Waals surface area contributed by atoms with Gasteiger partial charge in [0.2, 0.25) is 0 Å². The molecule has 0 aliphatic carbocycles. The van der Waals surface area contributed by atoms with Gasteiger partial charge in [-0.1, -0.05) is 13.8 Å². The fourth-order valence-electron chi connectivity index (χ4n) is 1.88. The average molecular weight is 262 g/mol. The molecule has 1 N–H and O–H groups in total. The van der Waals surface area contributed by atoms with Crippen LogP contribution in [-0.4, -0.2) is 28.6 Å². The van der Waals surface area contributed by atoms with Gasteiger partial charge in [-0.3, -0.25) is 0 Å². The van der Waals surface area contributed by atoms with Gasteiger partial charge in [-0.05, 0) is 38.0 Å². The molecule has 4 nitrogen and oxygen atoms in total. The van der Waals surface area contributed by atoms with Gasteiger partial charge in [-0.25, -0.2) is 9.78 Å². The van der Waals surface area contributed by atoms with Crippen molar-refractivity contribution in [2.24, 2.45) is 5.92 Å². The van der Waals surface area contributed by atoms with Crippen molar-refractivity contribution < 1.29 is 9.90 Å². The standard InChI is InChI=1S/C15H22N2O2/c1-11(2)10-17(12(3)4)15-13(6-5-9-16-15)7-8-14(18)19/h5-9,11-12H,10H2,1-4H3,(H,18,19)/b8-7+. The smallest absolute Gasteiger partial charge is 0.328 e. The third-order valence-corrected chi connectivity index (χ3v) is 2.68. The van der Waals surface area contributed by atoms with E-state index >= 15 is 0 Å². The minimum Gasteiger partial charge on any atom is -0.478 e. The van der Waals surface area contributed by atoms with Gasteiger partial charge < -0.3 is 10.0 Å². The molecule has 0 aromatic carbocycles. The van der Waals surface area contributed by atoms with E-state index in [4.69, 9.17) is 5.11 Å². The maximum Gasteiger partial charge on any atom is 0.328 e. The minimum atomic E-state index is -0.949. The van der Waals surface area contributed by atoms with Crippen molar-refractivity contribution in [3.63, 3.8) is 0 Å². The van der Waals surface area contributed by atoms with Crippen molar-refractivity contribution in [1.82, 2.24) is 4.98 Å². The number of carboxylic acid groups (broad SMARTS) is 1. The predicted molar refractivity (Wildman–Crippen MR) is 78.2 cm³/mol. The molecule has 104 valence electrons. The van der Waals surface area contributed by atoms with Gasteiger partial charge in [0.05, 0.1) is 0 Å². The second-order valence-electron chi connectivity index (χ2n) is 5.23. The summed E-state index contributed by atoms with van der Waals surface area (Å²) in [5.74, 6) is 0.402. The van der Waals surface area contributed by atoms with E-state index in [0.29, 0.717) is 12.0 Å². The molecule has 0 saturated heterocycles. The van der Waals surface area contributed by atoms with Crippen LogP contribution in [0.1, 0.15) is 33.3 Å². The van der Waals surface area contributed by atoms with Crippen LogP contribution in [0.2, 0.25) is 0 Å². The number of aromatic nitrogens is 1. The number of carboxylic acids is 1. The topological polar surface area (TPSA) is 53.4 Å². The van der Waals surface area contributed by atoms with Crippen LogP contribution in [0.3, 0.4) is 0 Å². The first-order chi connectivity index (χ1) is 8.91. The van der Waals surface area contributed by atoms with Crippen molar-refractivity contribution in [1.29, 1.82) is 0 Å². The highest BCUT2D eigenvalue weighted by Crippen LogP contribution is 2.22. The van der Waals surface area contributed by atoms with Crippen molar-refractivity contribution in [2.45, 2.75) is 33.7 Å². The summed E-state index contributed by atoms with van der Waals surface area (Å²) in [5, 5.41) is 8.74. The maximum atomic E-state index is 10.6. The van der Waals surface area contributed by atoms with Crippen LogP contribution in [-0.2, 0) is 4.79 Å².